The number of methoxy groups -OCH3 is 1. The van der Waals surface area contributed by atoms with Crippen LogP contribution in [0, 0.1) is 5.92 Å². The third-order valence-corrected chi connectivity index (χ3v) is 6.14. The molecule has 0 saturated carbocycles. The van der Waals surface area contributed by atoms with Crippen molar-refractivity contribution in [3.8, 4) is 5.75 Å². The number of sulfonamides is 1. The molecule has 2 unspecified atom stereocenters. The van der Waals surface area contributed by atoms with Crippen LogP contribution in [0.3, 0.4) is 0 Å². The van der Waals surface area contributed by atoms with Crippen LogP contribution in [-0.2, 0) is 19.6 Å². The molecule has 1 fully saturated rings. The molecule has 0 spiro atoms. The highest BCUT2D eigenvalue weighted by molar-refractivity contribution is 7.89. The second-order valence-corrected chi connectivity index (χ2v) is 7.93. The van der Waals surface area contributed by atoms with Crippen molar-refractivity contribution < 1.29 is 22.7 Å². The van der Waals surface area contributed by atoms with Crippen LogP contribution in [0.25, 0.3) is 0 Å². The first-order valence-electron chi connectivity index (χ1n) is 8.09. The number of carbonyl (C=O) groups is 1. The van der Waals surface area contributed by atoms with E-state index >= 15 is 0 Å². The molecular weight excluding hydrogens is 346 g/mol. The summed E-state index contributed by atoms with van der Waals surface area (Å²) in [5.74, 6) is -0.443. The van der Waals surface area contributed by atoms with Gasteiger partial charge in [0.05, 0.1) is 26.2 Å². The Morgan fingerprint density at radius 2 is 1.96 bits per heavy atom. The van der Waals surface area contributed by atoms with E-state index in [4.69, 9.17) is 15.2 Å². The van der Waals surface area contributed by atoms with Gasteiger partial charge in [0.2, 0.25) is 15.9 Å². The number of nitrogens with two attached hydrogens (primary N) is 1. The van der Waals surface area contributed by atoms with Crippen molar-refractivity contribution in [3.05, 3.63) is 18.2 Å². The summed E-state index contributed by atoms with van der Waals surface area (Å²) in [6.45, 7) is 4.73. The largest absolute Gasteiger partial charge is 0.495 e. The van der Waals surface area contributed by atoms with E-state index in [1.54, 1.807) is 19.9 Å². The number of ether oxygens (including phenoxy) is 2. The minimum absolute atomic E-state index is 0.0168. The van der Waals surface area contributed by atoms with Crippen molar-refractivity contribution in [3.63, 3.8) is 0 Å². The Morgan fingerprint density at radius 3 is 2.52 bits per heavy atom. The number of hydrogen-bond acceptors (Lipinski definition) is 6. The highest BCUT2D eigenvalue weighted by Crippen LogP contribution is 2.30. The number of rotatable bonds is 6. The molecule has 0 radical (unpaired) electrons. The molecule has 1 heterocycles. The van der Waals surface area contributed by atoms with Gasteiger partial charge in [-0.15, -0.1) is 0 Å². The standard InChI is InChI=1S/C16H25N3O5S/c1-11(12(2)17)16(20)18-13-4-5-14(23-3)15(10-13)25(21,22)19-6-8-24-9-7-19/h4-5,10-12H,6-9,17H2,1-3H3,(H,18,20). The summed E-state index contributed by atoms with van der Waals surface area (Å²) >= 11 is 0. The van der Waals surface area contributed by atoms with E-state index in [1.165, 1.54) is 23.5 Å². The fourth-order valence-electron chi connectivity index (χ4n) is 2.38. The predicted molar refractivity (Wildman–Crippen MR) is 94.0 cm³/mol. The highest BCUT2D eigenvalue weighted by atomic mass is 32.2. The summed E-state index contributed by atoms with van der Waals surface area (Å²) in [6, 6.07) is 4.23. The monoisotopic (exact) mass is 371 g/mol. The highest BCUT2D eigenvalue weighted by Gasteiger charge is 2.30. The quantitative estimate of drug-likeness (QED) is 0.759. The van der Waals surface area contributed by atoms with Crippen molar-refractivity contribution in [2.45, 2.75) is 24.8 Å². The van der Waals surface area contributed by atoms with Gasteiger partial charge < -0.3 is 20.5 Å². The summed E-state index contributed by atoms with van der Waals surface area (Å²) in [6.07, 6.45) is 0. The van der Waals surface area contributed by atoms with Gasteiger partial charge in [-0.05, 0) is 25.1 Å². The van der Waals surface area contributed by atoms with Crippen LogP contribution in [-0.4, -0.2) is 58.1 Å². The van der Waals surface area contributed by atoms with Gasteiger partial charge in [0.15, 0.2) is 0 Å². The van der Waals surface area contributed by atoms with Crippen molar-refractivity contribution >= 4 is 21.6 Å². The molecule has 1 aromatic carbocycles. The van der Waals surface area contributed by atoms with E-state index in [9.17, 15) is 13.2 Å². The summed E-state index contributed by atoms with van der Waals surface area (Å²) in [5.41, 5.74) is 6.12. The van der Waals surface area contributed by atoms with Crippen LogP contribution >= 0.6 is 0 Å². The van der Waals surface area contributed by atoms with E-state index in [0.717, 1.165) is 0 Å². The van der Waals surface area contributed by atoms with Crippen LogP contribution < -0.4 is 15.8 Å². The van der Waals surface area contributed by atoms with Crippen LogP contribution in [0.15, 0.2) is 23.1 Å². The molecular formula is C16H25N3O5S. The van der Waals surface area contributed by atoms with E-state index in [1.807, 2.05) is 0 Å². The topological polar surface area (TPSA) is 111 Å². The molecule has 2 atom stereocenters. The van der Waals surface area contributed by atoms with Gasteiger partial charge in [-0.3, -0.25) is 4.79 Å². The number of nitrogens with one attached hydrogen (secondary N) is 1. The third kappa shape index (κ3) is 4.49. The first kappa shape index (κ1) is 19.6. The molecule has 9 heteroatoms. The summed E-state index contributed by atoms with van der Waals surface area (Å²) in [7, 11) is -2.34. The third-order valence-electron chi connectivity index (χ3n) is 4.22. The number of amides is 1. The maximum absolute atomic E-state index is 12.9. The van der Waals surface area contributed by atoms with Crippen molar-refractivity contribution in [2.75, 3.05) is 38.7 Å². The van der Waals surface area contributed by atoms with Gasteiger partial charge in [-0.1, -0.05) is 6.92 Å². The zero-order valence-corrected chi connectivity index (χ0v) is 15.5. The fraction of sp³-hybridized carbons (Fsp3) is 0.562. The van der Waals surface area contributed by atoms with E-state index in [-0.39, 0.29) is 35.7 Å². The van der Waals surface area contributed by atoms with Crippen LogP contribution in [0.4, 0.5) is 5.69 Å². The molecule has 1 saturated heterocycles. The van der Waals surface area contributed by atoms with Crippen molar-refractivity contribution in [1.82, 2.24) is 4.31 Å². The molecule has 8 nitrogen and oxygen atoms in total. The molecule has 2 rings (SSSR count). The summed E-state index contributed by atoms with van der Waals surface area (Å²) in [5, 5.41) is 2.71. The number of morpholine rings is 1. The van der Waals surface area contributed by atoms with E-state index in [2.05, 4.69) is 5.32 Å². The van der Waals surface area contributed by atoms with E-state index < -0.39 is 15.9 Å². The van der Waals surface area contributed by atoms with Gasteiger partial charge >= 0.3 is 0 Å². The Kier molecular flexibility index (Phi) is 6.39. The molecule has 1 aliphatic heterocycles. The molecule has 1 amide bonds. The lowest BCUT2D eigenvalue weighted by Gasteiger charge is -2.27. The maximum Gasteiger partial charge on any atom is 0.246 e. The second kappa shape index (κ2) is 8.13. The molecule has 0 aliphatic carbocycles. The number of benzene rings is 1. The van der Waals surface area contributed by atoms with Gasteiger partial charge in [0.1, 0.15) is 10.6 Å². The Labute approximate surface area is 148 Å². The molecule has 25 heavy (non-hydrogen) atoms. The molecule has 1 aliphatic rings. The smallest absolute Gasteiger partial charge is 0.246 e. The first-order chi connectivity index (χ1) is 11.8. The number of carbonyl (C=O) groups excluding carboxylic acids is 1. The average Bonchev–Trinajstić information content (AvgIpc) is 2.61. The number of anilines is 1. The van der Waals surface area contributed by atoms with Crippen molar-refractivity contribution in [1.29, 1.82) is 0 Å². The Bertz CT molecular complexity index is 714. The second-order valence-electron chi connectivity index (χ2n) is 6.02. The predicted octanol–water partition coefficient (Wildman–Crippen LogP) is 0.638. The lowest BCUT2D eigenvalue weighted by atomic mass is 10.0. The van der Waals surface area contributed by atoms with E-state index in [0.29, 0.717) is 18.9 Å². The van der Waals surface area contributed by atoms with Crippen LogP contribution in [0.5, 0.6) is 5.75 Å². The Balaban J connectivity index is 2.32. The van der Waals surface area contributed by atoms with Gasteiger partial charge in [-0.2, -0.15) is 4.31 Å². The van der Waals surface area contributed by atoms with Gasteiger partial charge in [-0.25, -0.2) is 8.42 Å². The average molecular weight is 371 g/mol. The summed E-state index contributed by atoms with van der Waals surface area (Å²) in [4.78, 5) is 12.2. The Hall–Kier alpha value is -1.68. The van der Waals surface area contributed by atoms with Crippen LogP contribution in [0.2, 0.25) is 0 Å². The lowest BCUT2D eigenvalue weighted by Crippen LogP contribution is -2.40. The SMILES string of the molecule is COc1ccc(NC(=O)C(C)C(C)N)cc1S(=O)(=O)N1CCOCC1. The van der Waals surface area contributed by atoms with Crippen molar-refractivity contribution in [2.24, 2.45) is 11.7 Å². The minimum Gasteiger partial charge on any atom is -0.495 e. The number of nitrogens with zero attached hydrogens (tertiary/aromatic N) is 1. The molecule has 0 aromatic heterocycles. The van der Waals surface area contributed by atoms with Gasteiger partial charge in [0, 0.05) is 24.8 Å². The number of hydrogen-bond donors (Lipinski definition) is 2. The lowest BCUT2D eigenvalue weighted by molar-refractivity contribution is -0.119. The first-order valence-corrected chi connectivity index (χ1v) is 9.53. The van der Waals surface area contributed by atoms with Gasteiger partial charge in [0.25, 0.3) is 0 Å². The fourth-order valence-corrected chi connectivity index (χ4v) is 3.97. The zero-order valence-electron chi connectivity index (χ0n) is 14.7. The normalized spacial score (nSPS) is 18.4. The summed E-state index contributed by atoms with van der Waals surface area (Å²) < 4.78 is 37.6. The minimum atomic E-state index is -3.75. The zero-order chi connectivity index (χ0) is 18.6. The maximum atomic E-state index is 12.9. The Morgan fingerprint density at radius 1 is 1.32 bits per heavy atom. The molecule has 1 aromatic rings. The van der Waals surface area contributed by atoms with Crippen LogP contribution in [0.1, 0.15) is 13.8 Å². The molecule has 0 bridgehead atoms. The molecule has 3 N–H and O–H groups in total. The molecule has 140 valence electrons.